The van der Waals surface area contributed by atoms with Crippen molar-refractivity contribution in [2.24, 2.45) is 0 Å². The first-order valence-corrected chi connectivity index (χ1v) is 2.48. The Morgan fingerprint density at radius 1 is 1.25 bits per heavy atom. The van der Waals surface area contributed by atoms with Crippen LogP contribution in [0.4, 0.5) is 4.39 Å². The van der Waals surface area contributed by atoms with Gasteiger partial charge in [-0.15, -0.1) is 0 Å². The number of rotatable bonds is 0. The van der Waals surface area contributed by atoms with E-state index in [1.807, 2.05) is 0 Å². The summed E-state index contributed by atoms with van der Waals surface area (Å²) in [5, 5.41) is 8.66. The molecule has 0 heterocycles. The van der Waals surface area contributed by atoms with Gasteiger partial charge in [-0.2, -0.15) is 0 Å². The SMILES string of the molecule is OC1C=CC=CC1F. The first-order chi connectivity index (χ1) is 3.80. The average Bonchev–Trinajstić information content (AvgIpc) is 1.77. The van der Waals surface area contributed by atoms with Crippen molar-refractivity contribution in [1.29, 1.82) is 0 Å². The highest BCUT2D eigenvalue weighted by atomic mass is 19.1. The van der Waals surface area contributed by atoms with Crippen LogP contribution in [-0.2, 0) is 0 Å². The zero-order valence-corrected chi connectivity index (χ0v) is 4.29. The monoisotopic (exact) mass is 114 g/mol. The van der Waals surface area contributed by atoms with Crippen LogP contribution in [-0.4, -0.2) is 17.4 Å². The summed E-state index contributed by atoms with van der Waals surface area (Å²) in [7, 11) is 0. The molecule has 0 aliphatic heterocycles. The first-order valence-electron chi connectivity index (χ1n) is 2.48. The molecule has 1 rings (SSSR count). The summed E-state index contributed by atoms with van der Waals surface area (Å²) < 4.78 is 12.2. The number of aliphatic hydroxyl groups excluding tert-OH is 1. The van der Waals surface area contributed by atoms with Gasteiger partial charge >= 0.3 is 0 Å². The van der Waals surface area contributed by atoms with Crippen LogP contribution in [0.15, 0.2) is 24.3 Å². The highest BCUT2D eigenvalue weighted by molar-refractivity contribution is 5.15. The topological polar surface area (TPSA) is 20.2 Å². The second-order valence-electron chi connectivity index (χ2n) is 1.70. The first kappa shape index (κ1) is 5.51. The van der Waals surface area contributed by atoms with Crippen molar-refractivity contribution >= 4 is 0 Å². The predicted octanol–water partition coefficient (Wildman–Crippen LogP) is 0.811. The largest absolute Gasteiger partial charge is 0.386 e. The molecule has 0 fully saturated rings. The lowest BCUT2D eigenvalue weighted by atomic mass is 10.1. The van der Waals surface area contributed by atoms with Crippen molar-refractivity contribution in [2.75, 3.05) is 0 Å². The Morgan fingerprint density at radius 3 is 2.25 bits per heavy atom. The second kappa shape index (κ2) is 2.09. The molecule has 1 N–H and O–H groups in total. The number of allylic oxidation sites excluding steroid dienone is 2. The lowest BCUT2D eigenvalue weighted by molar-refractivity contribution is 0.142. The molecule has 0 aromatic heterocycles. The molecule has 0 spiro atoms. The summed E-state index contributed by atoms with van der Waals surface area (Å²) in [5.41, 5.74) is 0. The van der Waals surface area contributed by atoms with Gasteiger partial charge in [-0.1, -0.05) is 18.2 Å². The molecule has 0 bridgehead atoms. The van der Waals surface area contributed by atoms with E-state index in [4.69, 9.17) is 5.11 Å². The van der Waals surface area contributed by atoms with Crippen LogP contribution in [0.3, 0.4) is 0 Å². The van der Waals surface area contributed by atoms with Gasteiger partial charge in [0.15, 0.2) is 0 Å². The standard InChI is InChI=1S/C6H7FO/c7-5-3-1-2-4-6(5)8/h1-6,8H. The van der Waals surface area contributed by atoms with Crippen molar-refractivity contribution < 1.29 is 9.50 Å². The number of alkyl halides is 1. The summed E-state index contributed by atoms with van der Waals surface area (Å²) >= 11 is 0. The molecule has 1 aliphatic rings. The van der Waals surface area contributed by atoms with E-state index in [1.165, 1.54) is 12.2 Å². The van der Waals surface area contributed by atoms with Crippen LogP contribution in [0, 0.1) is 0 Å². The normalized spacial score (nSPS) is 35.8. The van der Waals surface area contributed by atoms with Crippen LogP contribution in [0.2, 0.25) is 0 Å². The van der Waals surface area contributed by atoms with Crippen LogP contribution in [0.1, 0.15) is 0 Å². The van der Waals surface area contributed by atoms with Gasteiger partial charge in [-0.05, 0) is 6.08 Å². The molecule has 2 atom stereocenters. The second-order valence-corrected chi connectivity index (χ2v) is 1.70. The molecule has 0 radical (unpaired) electrons. The lowest BCUT2D eigenvalue weighted by Crippen LogP contribution is -2.18. The Labute approximate surface area is 47.1 Å². The maximum Gasteiger partial charge on any atom is 0.148 e. The molecule has 0 amide bonds. The minimum atomic E-state index is -1.21. The van der Waals surface area contributed by atoms with Crippen molar-refractivity contribution in [3.8, 4) is 0 Å². The highest BCUT2D eigenvalue weighted by Gasteiger charge is 2.12. The predicted molar refractivity (Wildman–Crippen MR) is 29.2 cm³/mol. The summed E-state index contributed by atoms with van der Waals surface area (Å²) in [6, 6.07) is 0. The van der Waals surface area contributed by atoms with Gasteiger partial charge < -0.3 is 5.11 Å². The van der Waals surface area contributed by atoms with Gasteiger partial charge in [-0.3, -0.25) is 0 Å². The number of hydrogen-bond donors (Lipinski definition) is 1. The molecule has 1 nitrogen and oxygen atoms in total. The fourth-order valence-electron chi connectivity index (χ4n) is 0.568. The maximum absolute atomic E-state index is 12.2. The van der Waals surface area contributed by atoms with Crippen molar-refractivity contribution in [1.82, 2.24) is 0 Å². The number of hydrogen-bond acceptors (Lipinski definition) is 1. The number of halogens is 1. The minimum Gasteiger partial charge on any atom is -0.386 e. The van der Waals surface area contributed by atoms with Gasteiger partial charge in [0.05, 0.1) is 0 Å². The van der Waals surface area contributed by atoms with Crippen molar-refractivity contribution in [2.45, 2.75) is 12.3 Å². The molecule has 0 saturated heterocycles. The zero-order valence-electron chi connectivity index (χ0n) is 4.29. The van der Waals surface area contributed by atoms with E-state index in [9.17, 15) is 4.39 Å². The van der Waals surface area contributed by atoms with Gasteiger partial charge in [0.2, 0.25) is 0 Å². The fourth-order valence-corrected chi connectivity index (χ4v) is 0.568. The van der Waals surface area contributed by atoms with Crippen LogP contribution in [0.5, 0.6) is 0 Å². The van der Waals surface area contributed by atoms with E-state index in [1.54, 1.807) is 12.2 Å². The van der Waals surface area contributed by atoms with E-state index >= 15 is 0 Å². The molecular formula is C6H7FO. The Bertz CT molecular complexity index is 112. The summed E-state index contributed by atoms with van der Waals surface area (Å²) in [5.74, 6) is 0. The smallest absolute Gasteiger partial charge is 0.148 e. The Morgan fingerprint density at radius 2 is 1.88 bits per heavy atom. The Balaban J connectivity index is 2.59. The summed E-state index contributed by atoms with van der Waals surface area (Å²) in [6.45, 7) is 0. The third kappa shape index (κ3) is 0.954. The highest BCUT2D eigenvalue weighted by Crippen LogP contribution is 2.06. The Hall–Kier alpha value is -0.630. The Kier molecular flexibility index (Phi) is 1.44. The fraction of sp³-hybridized carbons (Fsp3) is 0.333. The third-order valence-corrected chi connectivity index (χ3v) is 1.04. The molecule has 0 aromatic carbocycles. The van der Waals surface area contributed by atoms with E-state index < -0.39 is 12.3 Å². The average molecular weight is 114 g/mol. The minimum absolute atomic E-state index is 0.931. The van der Waals surface area contributed by atoms with Gasteiger partial charge in [-0.25, -0.2) is 4.39 Å². The van der Waals surface area contributed by atoms with Gasteiger partial charge in [0.25, 0.3) is 0 Å². The summed E-state index contributed by atoms with van der Waals surface area (Å²) in [4.78, 5) is 0. The molecule has 8 heavy (non-hydrogen) atoms. The van der Waals surface area contributed by atoms with Gasteiger partial charge in [0, 0.05) is 0 Å². The molecule has 1 aliphatic carbocycles. The molecular weight excluding hydrogens is 107 g/mol. The van der Waals surface area contributed by atoms with Crippen LogP contribution >= 0.6 is 0 Å². The third-order valence-electron chi connectivity index (χ3n) is 1.04. The quantitative estimate of drug-likeness (QED) is 0.494. The van der Waals surface area contributed by atoms with E-state index in [0.29, 0.717) is 0 Å². The molecule has 0 aromatic rings. The van der Waals surface area contributed by atoms with Crippen molar-refractivity contribution in [3.63, 3.8) is 0 Å². The van der Waals surface area contributed by atoms with E-state index in [-0.39, 0.29) is 0 Å². The lowest BCUT2D eigenvalue weighted by Gasteiger charge is -2.08. The molecule has 44 valence electrons. The zero-order chi connectivity index (χ0) is 5.98. The maximum atomic E-state index is 12.2. The van der Waals surface area contributed by atoms with Crippen molar-refractivity contribution in [3.05, 3.63) is 24.3 Å². The van der Waals surface area contributed by atoms with Crippen LogP contribution < -0.4 is 0 Å². The molecule has 2 unspecified atom stereocenters. The number of aliphatic hydroxyl groups is 1. The molecule has 0 saturated carbocycles. The van der Waals surface area contributed by atoms with E-state index in [2.05, 4.69) is 0 Å². The summed E-state index contributed by atoms with van der Waals surface area (Å²) in [6.07, 6.45) is 3.81. The van der Waals surface area contributed by atoms with Crippen LogP contribution in [0.25, 0.3) is 0 Å². The van der Waals surface area contributed by atoms with E-state index in [0.717, 1.165) is 0 Å². The van der Waals surface area contributed by atoms with Gasteiger partial charge in [0.1, 0.15) is 12.3 Å². The molecule has 2 heteroatoms.